The number of rotatable bonds is 25. The second-order valence-corrected chi connectivity index (χ2v) is 39.3. The van der Waals surface area contributed by atoms with Crippen molar-refractivity contribution in [3.05, 3.63) is 211 Å². The molecule has 9 heterocycles. The first-order valence-electron chi connectivity index (χ1n) is 37.6. The molecule has 5 aromatic carbocycles. The summed E-state index contributed by atoms with van der Waals surface area (Å²) in [4.78, 5) is 179. The van der Waals surface area contributed by atoms with E-state index in [2.05, 4.69) is 73.4 Å². The second-order valence-electron chi connectivity index (χ2n) is 31.1. The molecule has 8 aromatic rings. The minimum Gasteiger partial charge on any atom is -0.463 e. The van der Waals surface area contributed by atoms with Gasteiger partial charge in [0, 0.05) is 58.1 Å². The highest BCUT2D eigenvalue weighted by Crippen LogP contribution is 2.62. The molecule has 3 aromatic heterocycles. The van der Waals surface area contributed by atoms with Crippen molar-refractivity contribution in [2.24, 2.45) is 28.7 Å². The molecule has 0 aliphatic carbocycles. The first-order valence-corrected chi connectivity index (χ1v) is 41.1. The number of alkyl halides is 4. The largest absolute Gasteiger partial charge is 0.463 e. The van der Waals surface area contributed by atoms with Gasteiger partial charge in [-0.15, -0.1) is 0 Å². The van der Waals surface area contributed by atoms with E-state index in [1.54, 1.807) is 172 Å². The van der Waals surface area contributed by atoms with Gasteiger partial charge >= 0.3 is 52.2 Å². The molecule has 6 aliphatic heterocycles. The molecule has 0 radical (unpaired) electrons. The highest BCUT2D eigenvalue weighted by atomic mass is 79.9. The van der Waals surface area contributed by atoms with Crippen LogP contribution in [-0.4, -0.2) is 172 Å². The molecule has 0 unspecified atom stereocenters. The van der Waals surface area contributed by atoms with E-state index >= 15 is 0 Å². The zero-order chi connectivity index (χ0) is 89.1. The van der Waals surface area contributed by atoms with Gasteiger partial charge < -0.3 is 65.7 Å². The van der Waals surface area contributed by atoms with Crippen LogP contribution in [0.25, 0.3) is 32.9 Å². The Balaban J connectivity index is 0.000000180. The predicted molar refractivity (Wildman–Crippen MR) is 450 cm³/mol. The van der Waals surface area contributed by atoms with Crippen LogP contribution < -0.4 is 31.1 Å². The molecule has 0 spiro atoms. The number of likely N-dealkylation sites (tertiary alicyclic amines) is 2. The average Bonchev–Trinajstić information content (AvgIpc) is 1.51. The highest BCUT2D eigenvalue weighted by molar-refractivity contribution is 9.10. The smallest absolute Gasteiger partial charge is 0.409 e. The Hall–Kier alpha value is -10.6. The van der Waals surface area contributed by atoms with Crippen LogP contribution in [0.4, 0.5) is 10.5 Å². The number of aliphatic hydroxyl groups is 1. The number of imide groups is 2. The van der Waals surface area contributed by atoms with Crippen molar-refractivity contribution in [1.29, 1.82) is 0 Å². The van der Waals surface area contributed by atoms with E-state index in [0.717, 1.165) is 37.3 Å². The molecule has 6 aliphatic rings. The van der Waals surface area contributed by atoms with E-state index in [9.17, 15) is 72.2 Å². The van der Waals surface area contributed by atoms with Gasteiger partial charge in [0.05, 0.1) is 55.5 Å². The van der Waals surface area contributed by atoms with Crippen LogP contribution in [-0.2, 0) is 87.5 Å². The minimum atomic E-state index is -1.82. The molecule has 4 amide bonds. The molecule has 4 bridgehead atoms. The van der Waals surface area contributed by atoms with Gasteiger partial charge in [0.25, 0.3) is 0 Å². The standard InChI is InChI=1S/C38H37Br2NO12.C26H29Br2NO9.C11H7ClO4.C11H7NO3/c1-21-15-28(43)52-25-16-22(11-12-24(21)25)17-27(42)49-20-38-26(51-23-9-7-6-8-10-23)18-37(53-38,19-50-34(47)36(4,5)40)29-30(38)32(45)41(31(29)44)13-14-48-33(46)35(2,3)39;1-23(2,27)21(33)35-11-10-29-19(31)17-18(20(29)32)26(13-30)16(37-15-8-6-5-7-9-15)12-25(17,38-26)14-36-22(34)24(3,4)28;1-6-4-10(13)16-9-5-7(15-11(12)14)2-3-8(6)9;1-7-4-11(14)15-10-5-8(12-6-13)2-3-9(7)10/h6-12,15-16,18,29-30H,13-14,17,19-20H2,1-5H3;5-9,12,17-18,30H,10-11,13-14H2,1-4H3;2-5H,1H3;2-5H,1H3/t29-,30+,37-,38-;17-,18+,25-,26-;;/m00../s1. The molecule has 8 atom stereocenters. The molecule has 4 fully saturated rings. The molecule has 122 heavy (non-hydrogen) atoms. The van der Waals surface area contributed by atoms with Crippen molar-refractivity contribution < 1.29 is 118 Å². The Bertz CT molecular complexity index is 5820. The summed E-state index contributed by atoms with van der Waals surface area (Å²) in [7, 11) is 0. The lowest BCUT2D eigenvalue weighted by Crippen LogP contribution is -2.49. The van der Waals surface area contributed by atoms with Crippen molar-refractivity contribution in [2.45, 2.75) is 122 Å². The fourth-order valence-corrected chi connectivity index (χ4v) is 15.1. The summed E-state index contributed by atoms with van der Waals surface area (Å²) in [5.74, 6) is -8.99. The Kier molecular flexibility index (Phi) is 27.5. The maximum absolute atomic E-state index is 14.3. The third-order valence-electron chi connectivity index (χ3n) is 20.3. The summed E-state index contributed by atoms with van der Waals surface area (Å²) in [6.45, 7) is 15.2. The number of isocyanates is 1. The molecule has 0 saturated carbocycles. The average molecular weight is 1960 g/mol. The normalized spacial score (nSPS) is 21.6. The number of fused-ring (bicyclic) bond motifs is 13. The van der Waals surface area contributed by atoms with E-state index in [0.29, 0.717) is 44.9 Å². The Morgan fingerprint density at radius 1 is 0.475 bits per heavy atom. The molecule has 36 heteroatoms. The van der Waals surface area contributed by atoms with Gasteiger partial charge in [0.2, 0.25) is 29.7 Å². The number of esters is 5. The van der Waals surface area contributed by atoms with Gasteiger partial charge in [0.1, 0.15) is 107 Å². The number of aryl methyl sites for hydroxylation is 3. The fourth-order valence-electron chi connectivity index (χ4n) is 14.6. The number of ether oxygens (including phenoxy) is 10. The maximum atomic E-state index is 14.3. The van der Waals surface area contributed by atoms with E-state index in [-0.39, 0.29) is 56.6 Å². The maximum Gasteiger partial charge on any atom is 0.409 e. The molecule has 1 N–H and O–H groups in total. The van der Waals surface area contributed by atoms with Gasteiger partial charge in [-0.2, -0.15) is 4.99 Å². The lowest BCUT2D eigenvalue weighted by atomic mass is 9.71. The Morgan fingerprint density at radius 3 is 1.29 bits per heavy atom. The quantitative estimate of drug-likeness (QED) is 0.00811. The third kappa shape index (κ3) is 19.9. The number of hydrogen-bond acceptors (Lipinski definition) is 29. The van der Waals surface area contributed by atoms with E-state index in [1.807, 2.05) is 6.92 Å². The number of benzene rings is 5. The third-order valence-corrected chi connectivity index (χ3v) is 21.7. The van der Waals surface area contributed by atoms with Crippen LogP contribution in [0.3, 0.4) is 0 Å². The summed E-state index contributed by atoms with van der Waals surface area (Å²) in [6, 6.07) is 36.2. The minimum absolute atomic E-state index is 0.0883. The SMILES string of the molecule is CC(C)(Br)C(=O)OCCN1C(=O)[C@@H]2[C@H](C1=O)[C@@]1(CO)O[C@]2(COC(=O)C(C)(C)Br)C=C1Oc1ccccc1.Cc1cc(=O)oc2cc(CC(=O)OC[C@]34O[C@](COC(=O)C(C)(C)Br)(C=C3Oc3ccccc3)[C@@H]3C(=O)N(CCOC(=O)C(C)(C)Br)C(=O)[C@@H]34)ccc12.Cc1cc(=O)oc2cc(N=C=O)ccc12.Cc1cc(=O)oc2cc(OC(=O)Cl)ccc12. The molecular weight excluding hydrogens is 1880 g/mol. The molecule has 31 nitrogen and oxygen atoms in total. The van der Waals surface area contributed by atoms with Gasteiger partial charge in [-0.05, 0) is 165 Å². The number of carbonyl (C=O) groups is 10. The van der Waals surface area contributed by atoms with Gasteiger partial charge in [-0.25, -0.2) is 24.0 Å². The number of aliphatic imine (C=N–C) groups is 1. The summed E-state index contributed by atoms with van der Waals surface area (Å²) in [6.07, 6.45) is 4.24. The number of nitrogens with zero attached hydrogens (tertiary/aromatic N) is 3. The van der Waals surface area contributed by atoms with Gasteiger partial charge in [-0.1, -0.05) is 112 Å². The predicted octanol–water partition coefficient (Wildman–Crippen LogP) is 12.1. The first kappa shape index (κ1) is 92.1. The monoisotopic (exact) mass is 1950 g/mol. The number of hydrogen-bond donors (Lipinski definition) is 1. The van der Waals surface area contributed by atoms with E-state index in [1.165, 1.54) is 48.6 Å². The van der Waals surface area contributed by atoms with E-state index in [4.69, 9.17) is 67.5 Å². The highest BCUT2D eigenvalue weighted by Gasteiger charge is 2.79. The van der Waals surface area contributed by atoms with Crippen molar-refractivity contribution in [3.63, 3.8) is 0 Å². The number of amides is 4. The summed E-state index contributed by atoms with van der Waals surface area (Å²) in [5, 5.41) is 12.9. The second kappa shape index (κ2) is 36.4. The molecule has 642 valence electrons. The van der Waals surface area contributed by atoms with Crippen LogP contribution in [0.2, 0.25) is 0 Å². The summed E-state index contributed by atoms with van der Waals surface area (Å²) < 4.78 is 68.8. The lowest BCUT2D eigenvalue weighted by molar-refractivity contribution is -0.172. The topological polar surface area (TPSA) is 410 Å². The van der Waals surface area contributed by atoms with Crippen LogP contribution >= 0.6 is 75.3 Å². The number of carbonyl (C=O) groups excluding carboxylic acids is 11. The van der Waals surface area contributed by atoms with E-state index < -0.39 is 159 Å². The van der Waals surface area contributed by atoms with Crippen molar-refractivity contribution in [3.8, 4) is 17.2 Å². The summed E-state index contributed by atoms with van der Waals surface area (Å²) >= 11 is 18.1. The first-order chi connectivity index (χ1) is 57.3. The zero-order valence-corrected chi connectivity index (χ0v) is 74.3. The van der Waals surface area contributed by atoms with Crippen LogP contribution in [0.1, 0.15) is 77.6 Å². The molecule has 14 rings (SSSR count). The van der Waals surface area contributed by atoms with Gasteiger partial charge in [-0.3, -0.25) is 53.0 Å². The molecular formula is C86H80Br4ClN3O28. The molecule has 4 saturated heterocycles. The van der Waals surface area contributed by atoms with Crippen LogP contribution in [0.15, 0.2) is 190 Å². The fraction of sp³-hybridized carbons (Fsp3) is 0.372. The number of halogens is 5. The van der Waals surface area contributed by atoms with Crippen LogP contribution in [0, 0.1) is 44.4 Å². The Morgan fingerprint density at radius 2 is 0.861 bits per heavy atom. The van der Waals surface area contributed by atoms with Crippen molar-refractivity contribution >= 4 is 179 Å². The van der Waals surface area contributed by atoms with Crippen molar-refractivity contribution in [1.82, 2.24) is 9.80 Å². The van der Waals surface area contributed by atoms with Crippen LogP contribution in [0.5, 0.6) is 17.2 Å². The van der Waals surface area contributed by atoms with Crippen molar-refractivity contribution in [2.75, 3.05) is 52.7 Å². The Labute approximate surface area is 733 Å². The lowest BCUT2D eigenvalue weighted by Gasteiger charge is -2.32. The van der Waals surface area contributed by atoms with Gasteiger partial charge in [0.15, 0.2) is 11.2 Å². The number of para-hydroxylation sites is 2. The zero-order valence-electron chi connectivity index (χ0n) is 67.2. The summed E-state index contributed by atoms with van der Waals surface area (Å²) in [5.41, 5.74) is -4.68. The number of aliphatic hydroxyl groups excluding tert-OH is 1.